The standard InChI is InChI=1S/C29H30ClNO3/c1-4-34-28(33)14-10-21-6-8-22(9-7-21)15-16-29(31-20(3)32)26-12-5-19(2)17-24(26)25-18-23(30)11-13-27(25)29/h5-9,11-13,17-18H,4,10,14-16H2,1-3H3,(H,31,32). The molecule has 0 aliphatic heterocycles. The third kappa shape index (κ3) is 4.88. The Hall–Kier alpha value is -3.11. The van der Waals surface area contributed by atoms with E-state index in [1.807, 2.05) is 25.1 Å². The van der Waals surface area contributed by atoms with Gasteiger partial charge in [-0.05, 0) is 78.6 Å². The normalized spacial score (nSPS) is 16.0. The molecule has 34 heavy (non-hydrogen) atoms. The van der Waals surface area contributed by atoms with E-state index in [0.29, 0.717) is 24.5 Å². The molecule has 1 amide bonds. The summed E-state index contributed by atoms with van der Waals surface area (Å²) in [7, 11) is 0. The van der Waals surface area contributed by atoms with Gasteiger partial charge < -0.3 is 10.1 Å². The van der Waals surface area contributed by atoms with Crippen LogP contribution in [0.5, 0.6) is 0 Å². The van der Waals surface area contributed by atoms with Gasteiger partial charge >= 0.3 is 5.97 Å². The maximum atomic E-state index is 12.4. The maximum absolute atomic E-state index is 12.4. The summed E-state index contributed by atoms with van der Waals surface area (Å²) in [5.74, 6) is -0.235. The Morgan fingerprint density at radius 2 is 1.53 bits per heavy atom. The molecule has 1 atom stereocenters. The molecule has 0 fully saturated rings. The summed E-state index contributed by atoms with van der Waals surface area (Å²) in [6.45, 7) is 5.87. The van der Waals surface area contributed by atoms with Gasteiger partial charge in [0.15, 0.2) is 0 Å². The van der Waals surface area contributed by atoms with Crippen LogP contribution in [0.25, 0.3) is 11.1 Å². The quantitative estimate of drug-likeness (QED) is 0.398. The second-order valence-corrected chi connectivity index (χ2v) is 9.38. The number of benzene rings is 3. The summed E-state index contributed by atoms with van der Waals surface area (Å²) in [5.41, 5.74) is 7.24. The number of rotatable bonds is 8. The van der Waals surface area contributed by atoms with E-state index in [0.717, 1.165) is 40.7 Å². The molecular formula is C29H30ClNO3. The van der Waals surface area contributed by atoms with Crippen LogP contribution in [0.3, 0.4) is 0 Å². The Morgan fingerprint density at radius 3 is 2.18 bits per heavy atom. The molecule has 1 N–H and O–H groups in total. The van der Waals surface area contributed by atoms with Crippen molar-refractivity contribution >= 4 is 23.5 Å². The van der Waals surface area contributed by atoms with E-state index in [2.05, 4.69) is 54.7 Å². The van der Waals surface area contributed by atoms with Crippen LogP contribution < -0.4 is 5.32 Å². The van der Waals surface area contributed by atoms with E-state index in [9.17, 15) is 9.59 Å². The molecule has 0 saturated heterocycles. The average Bonchev–Trinajstić information content (AvgIpc) is 3.05. The van der Waals surface area contributed by atoms with Gasteiger partial charge in [-0.1, -0.05) is 65.7 Å². The van der Waals surface area contributed by atoms with Crippen molar-refractivity contribution in [2.75, 3.05) is 6.61 Å². The van der Waals surface area contributed by atoms with E-state index >= 15 is 0 Å². The summed E-state index contributed by atoms with van der Waals surface area (Å²) < 4.78 is 5.02. The molecule has 0 bridgehead atoms. The number of carbonyl (C=O) groups excluding carboxylic acids is 2. The lowest BCUT2D eigenvalue weighted by molar-refractivity contribution is -0.143. The molecule has 3 aromatic carbocycles. The second-order valence-electron chi connectivity index (χ2n) is 8.95. The van der Waals surface area contributed by atoms with Crippen molar-refractivity contribution in [3.05, 3.63) is 93.5 Å². The number of nitrogens with one attached hydrogen (secondary N) is 1. The van der Waals surface area contributed by atoms with Gasteiger partial charge in [0, 0.05) is 18.4 Å². The van der Waals surface area contributed by atoms with Gasteiger partial charge in [-0.15, -0.1) is 0 Å². The zero-order valence-corrected chi connectivity index (χ0v) is 20.7. The van der Waals surface area contributed by atoms with E-state index in [1.54, 1.807) is 6.92 Å². The van der Waals surface area contributed by atoms with Gasteiger partial charge in [-0.2, -0.15) is 0 Å². The summed E-state index contributed by atoms with van der Waals surface area (Å²) >= 11 is 6.36. The Balaban J connectivity index is 1.61. The van der Waals surface area contributed by atoms with Crippen molar-refractivity contribution in [2.45, 2.75) is 52.0 Å². The summed E-state index contributed by atoms with van der Waals surface area (Å²) in [6.07, 6.45) is 2.55. The number of ether oxygens (including phenoxy) is 1. The molecule has 0 saturated carbocycles. The number of hydrogen-bond acceptors (Lipinski definition) is 3. The van der Waals surface area contributed by atoms with Crippen molar-refractivity contribution in [2.24, 2.45) is 0 Å². The first-order valence-electron chi connectivity index (χ1n) is 11.8. The predicted molar refractivity (Wildman–Crippen MR) is 136 cm³/mol. The second kappa shape index (κ2) is 10.0. The van der Waals surface area contributed by atoms with Gasteiger partial charge in [0.25, 0.3) is 0 Å². The predicted octanol–water partition coefficient (Wildman–Crippen LogP) is 6.14. The molecule has 4 nitrogen and oxygen atoms in total. The molecule has 0 spiro atoms. The Bertz CT molecular complexity index is 1170. The fourth-order valence-corrected chi connectivity index (χ4v) is 5.13. The van der Waals surface area contributed by atoms with Crippen molar-refractivity contribution in [1.29, 1.82) is 0 Å². The van der Waals surface area contributed by atoms with Gasteiger partial charge in [-0.3, -0.25) is 9.59 Å². The maximum Gasteiger partial charge on any atom is 0.306 e. The molecular weight excluding hydrogens is 446 g/mol. The lowest BCUT2D eigenvalue weighted by Crippen LogP contribution is -2.45. The average molecular weight is 476 g/mol. The van der Waals surface area contributed by atoms with Crippen molar-refractivity contribution in [3.8, 4) is 11.1 Å². The van der Waals surface area contributed by atoms with Gasteiger partial charge in [0.2, 0.25) is 5.91 Å². The minimum atomic E-state index is -0.614. The summed E-state index contributed by atoms with van der Waals surface area (Å²) in [6, 6.07) is 20.7. The summed E-state index contributed by atoms with van der Waals surface area (Å²) in [4.78, 5) is 24.0. The van der Waals surface area contributed by atoms with E-state index in [4.69, 9.17) is 16.3 Å². The Morgan fingerprint density at radius 1 is 0.912 bits per heavy atom. The minimum absolute atomic E-state index is 0.0661. The molecule has 1 unspecified atom stereocenters. The molecule has 0 radical (unpaired) electrons. The van der Waals surface area contributed by atoms with Crippen LogP contribution in [-0.2, 0) is 32.7 Å². The molecule has 1 aliphatic carbocycles. The first-order valence-corrected chi connectivity index (χ1v) is 12.1. The van der Waals surface area contributed by atoms with Gasteiger partial charge in [0.1, 0.15) is 0 Å². The Labute approximate surface area is 206 Å². The molecule has 1 aliphatic rings. The van der Waals surface area contributed by atoms with Gasteiger partial charge in [-0.25, -0.2) is 0 Å². The van der Waals surface area contributed by atoms with Crippen LogP contribution in [0.1, 0.15) is 54.5 Å². The molecule has 0 aromatic heterocycles. The highest BCUT2D eigenvalue weighted by Gasteiger charge is 2.43. The monoisotopic (exact) mass is 475 g/mol. The molecule has 0 heterocycles. The highest BCUT2D eigenvalue weighted by Crippen LogP contribution is 2.50. The fraction of sp³-hybridized carbons (Fsp3) is 0.310. The number of amides is 1. The van der Waals surface area contributed by atoms with Gasteiger partial charge in [0.05, 0.1) is 12.1 Å². The van der Waals surface area contributed by atoms with E-state index in [-0.39, 0.29) is 11.9 Å². The van der Waals surface area contributed by atoms with Crippen LogP contribution in [-0.4, -0.2) is 18.5 Å². The lowest BCUT2D eigenvalue weighted by atomic mass is 9.81. The Kier molecular flexibility index (Phi) is 7.08. The molecule has 176 valence electrons. The van der Waals surface area contributed by atoms with Crippen LogP contribution in [0.15, 0.2) is 60.7 Å². The highest BCUT2D eigenvalue weighted by atomic mass is 35.5. The fourth-order valence-electron chi connectivity index (χ4n) is 4.96. The first-order chi connectivity index (χ1) is 16.3. The highest BCUT2D eigenvalue weighted by molar-refractivity contribution is 6.31. The van der Waals surface area contributed by atoms with E-state index in [1.165, 1.54) is 11.1 Å². The van der Waals surface area contributed by atoms with Crippen molar-refractivity contribution < 1.29 is 14.3 Å². The van der Waals surface area contributed by atoms with E-state index < -0.39 is 5.54 Å². The largest absolute Gasteiger partial charge is 0.466 e. The van der Waals surface area contributed by atoms with Crippen molar-refractivity contribution in [1.82, 2.24) is 5.32 Å². The number of hydrogen-bond donors (Lipinski definition) is 1. The molecule has 3 aromatic rings. The smallest absolute Gasteiger partial charge is 0.306 e. The van der Waals surface area contributed by atoms with Crippen LogP contribution in [0, 0.1) is 6.92 Å². The number of fused-ring (bicyclic) bond motifs is 3. The zero-order valence-electron chi connectivity index (χ0n) is 19.9. The third-order valence-electron chi connectivity index (χ3n) is 6.49. The lowest BCUT2D eigenvalue weighted by Gasteiger charge is -2.33. The van der Waals surface area contributed by atoms with Crippen LogP contribution in [0.4, 0.5) is 0 Å². The zero-order chi connectivity index (χ0) is 24.3. The SMILES string of the molecule is CCOC(=O)CCc1ccc(CCC2(NC(C)=O)c3ccc(C)cc3-c3cc(Cl)ccc32)cc1. The first kappa shape index (κ1) is 24.0. The van der Waals surface area contributed by atoms with Crippen LogP contribution in [0.2, 0.25) is 5.02 Å². The molecule has 5 heteroatoms. The number of halogens is 1. The van der Waals surface area contributed by atoms with Crippen LogP contribution >= 0.6 is 11.6 Å². The summed E-state index contributed by atoms with van der Waals surface area (Å²) in [5, 5.41) is 3.98. The number of carbonyl (C=O) groups is 2. The third-order valence-corrected chi connectivity index (χ3v) is 6.73. The number of aryl methyl sites for hydroxylation is 3. The number of esters is 1. The minimum Gasteiger partial charge on any atom is -0.466 e. The molecule has 4 rings (SSSR count). The topological polar surface area (TPSA) is 55.4 Å². The van der Waals surface area contributed by atoms with Crippen molar-refractivity contribution in [3.63, 3.8) is 0 Å².